The zero-order chi connectivity index (χ0) is 23.8. The fraction of sp³-hybridized carbons (Fsp3) is 0.571. The van der Waals surface area contributed by atoms with Crippen LogP contribution in [0.25, 0.3) is 0 Å². The minimum absolute atomic E-state index is 0.152. The normalized spacial score (nSPS) is 17.8. The van der Waals surface area contributed by atoms with Gasteiger partial charge in [0, 0.05) is 31.1 Å². The lowest BCUT2D eigenvalue weighted by atomic mass is 10.0. The summed E-state index contributed by atoms with van der Waals surface area (Å²) in [5, 5.41) is 14.3. The summed E-state index contributed by atoms with van der Waals surface area (Å²) in [6.07, 6.45) is 0.445. The zero-order valence-electron chi connectivity index (χ0n) is 18.4. The molecule has 1 atom stereocenters. The van der Waals surface area contributed by atoms with Crippen LogP contribution in [0.2, 0.25) is 5.02 Å². The highest BCUT2D eigenvalue weighted by Gasteiger charge is 2.42. The molecule has 3 rings (SSSR count). The van der Waals surface area contributed by atoms with Gasteiger partial charge in [0.25, 0.3) is 5.91 Å². The number of piperidine rings is 1. The minimum Gasteiger partial charge on any atom is -0.496 e. The molecule has 1 aromatic rings. The van der Waals surface area contributed by atoms with Gasteiger partial charge < -0.3 is 34.3 Å². The third kappa shape index (κ3) is 6.12. The first-order valence-corrected chi connectivity index (χ1v) is 11.0. The summed E-state index contributed by atoms with van der Waals surface area (Å²) < 4.78 is 21.0. The number of aliphatic hydroxyl groups excluding tert-OH is 1. The summed E-state index contributed by atoms with van der Waals surface area (Å²) in [5.41, 5.74) is 1.50. The number of anilines is 1. The fourth-order valence-electron chi connectivity index (χ4n) is 3.74. The van der Waals surface area contributed by atoms with Gasteiger partial charge in [-0.05, 0) is 6.42 Å². The van der Waals surface area contributed by atoms with Crippen molar-refractivity contribution in [3.63, 3.8) is 0 Å². The van der Waals surface area contributed by atoms with Crippen molar-refractivity contribution in [2.24, 2.45) is 0 Å². The Morgan fingerprint density at radius 1 is 1.15 bits per heavy atom. The van der Waals surface area contributed by atoms with Crippen molar-refractivity contribution in [1.82, 2.24) is 10.2 Å². The molecule has 0 saturated carbocycles. The van der Waals surface area contributed by atoms with Crippen molar-refractivity contribution in [3.8, 4) is 5.75 Å². The van der Waals surface area contributed by atoms with E-state index >= 15 is 0 Å². The Labute approximate surface area is 196 Å². The molecule has 1 fully saturated rings. The van der Waals surface area contributed by atoms with Gasteiger partial charge in [-0.2, -0.15) is 0 Å². The van der Waals surface area contributed by atoms with Gasteiger partial charge in [-0.1, -0.05) is 11.6 Å². The van der Waals surface area contributed by atoms with Crippen LogP contribution >= 0.6 is 11.6 Å². The summed E-state index contributed by atoms with van der Waals surface area (Å²) in [6, 6.07) is 0.919. The molecular formula is C21H28ClN3O8. The first-order valence-electron chi connectivity index (χ1n) is 10.6. The van der Waals surface area contributed by atoms with E-state index in [1.165, 1.54) is 12.0 Å². The number of hydrogen-bond acceptors (Lipinski definition) is 9. The number of ether oxygens (including phenoxy) is 4. The first kappa shape index (κ1) is 25.2. The van der Waals surface area contributed by atoms with Gasteiger partial charge in [0.15, 0.2) is 0 Å². The molecule has 2 aliphatic rings. The Balaban J connectivity index is 1.56. The van der Waals surface area contributed by atoms with Gasteiger partial charge in [0.1, 0.15) is 18.6 Å². The van der Waals surface area contributed by atoms with E-state index in [2.05, 4.69) is 10.6 Å². The number of halogens is 1. The Kier molecular flexibility index (Phi) is 9.27. The van der Waals surface area contributed by atoms with Crippen molar-refractivity contribution in [1.29, 1.82) is 0 Å². The Morgan fingerprint density at radius 2 is 1.85 bits per heavy atom. The molecule has 11 nitrogen and oxygen atoms in total. The molecule has 0 radical (unpaired) electrons. The van der Waals surface area contributed by atoms with Gasteiger partial charge in [-0.25, -0.2) is 0 Å². The van der Waals surface area contributed by atoms with Crippen LogP contribution in [-0.2, 0) is 30.3 Å². The van der Waals surface area contributed by atoms with E-state index < -0.39 is 11.9 Å². The number of rotatable bonds is 13. The third-order valence-electron chi connectivity index (χ3n) is 5.33. The lowest BCUT2D eigenvalue weighted by molar-refractivity contribution is -0.136. The van der Waals surface area contributed by atoms with Gasteiger partial charge >= 0.3 is 0 Å². The van der Waals surface area contributed by atoms with E-state index in [0.717, 1.165) is 0 Å². The van der Waals surface area contributed by atoms with Crippen molar-refractivity contribution in [3.05, 3.63) is 22.2 Å². The monoisotopic (exact) mass is 485 g/mol. The molecule has 0 bridgehead atoms. The molecule has 1 saturated heterocycles. The summed E-state index contributed by atoms with van der Waals surface area (Å²) >= 11 is 6.59. The Hall–Kier alpha value is -2.44. The molecule has 3 N–H and O–H groups in total. The van der Waals surface area contributed by atoms with Crippen LogP contribution in [0.5, 0.6) is 5.75 Å². The number of carbonyl (C=O) groups is 3. The Morgan fingerprint density at radius 3 is 2.52 bits per heavy atom. The predicted octanol–water partition coefficient (Wildman–Crippen LogP) is 0.521. The first-order chi connectivity index (χ1) is 16.0. The number of benzene rings is 1. The minimum atomic E-state index is -0.731. The van der Waals surface area contributed by atoms with Crippen molar-refractivity contribution >= 4 is 35.0 Å². The number of methoxy groups -OCH3 is 1. The molecule has 12 heteroatoms. The molecule has 0 aromatic heterocycles. The van der Waals surface area contributed by atoms with Gasteiger partial charge in [-0.15, -0.1) is 0 Å². The van der Waals surface area contributed by atoms with Crippen LogP contribution in [0.3, 0.4) is 0 Å². The second-order valence-electron chi connectivity index (χ2n) is 7.38. The van der Waals surface area contributed by atoms with Crippen LogP contribution in [0.4, 0.5) is 5.69 Å². The molecule has 0 aliphatic carbocycles. The fourth-order valence-corrected chi connectivity index (χ4v) is 4.02. The highest BCUT2D eigenvalue weighted by atomic mass is 35.5. The van der Waals surface area contributed by atoms with Gasteiger partial charge in [-0.3, -0.25) is 19.7 Å². The standard InChI is InChI=1S/C21H28ClN3O8/c1-30-16-10-14(23-4-5-31-6-7-32-8-9-33-12-26)19(22)13-11-25(21(29)18(13)16)15-2-3-17(27)24-20(15)28/h10,15,23,26H,2-9,11-12H2,1H3,(H,24,27,28). The SMILES string of the molecule is COc1cc(NCCOCCOCCOCO)c(Cl)c2c1C(=O)N(C1CCC(=O)NC1=O)C2. The molecular weight excluding hydrogens is 458 g/mol. The number of fused-ring (bicyclic) bond motifs is 1. The number of hydrogen-bond donors (Lipinski definition) is 3. The van der Waals surface area contributed by atoms with Crippen LogP contribution in [0, 0.1) is 0 Å². The summed E-state index contributed by atoms with van der Waals surface area (Å²) in [6.45, 7) is 2.18. The molecule has 182 valence electrons. The predicted molar refractivity (Wildman–Crippen MR) is 117 cm³/mol. The summed E-state index contributed by atoms with van der Waals surface area (Å²) in [4.78, 5) is 38.2. The third-order valence-corrected chi connectivity index (χ3v) is 5.76. The molecule has 2 aliphatic heterocycles. The van der Waals surface area contributed by atoms with E-state index in [1.807, 2.05) is 0 Å². The maximum Gasteiger partial charge on any atom is 0.259 e. The lowest BCUT2D eigenvalue weighted by Gasteiger charge is -2.29. The highest BCUT2D eigenvalue weighted by Crippen LogP contribution is 2.41. The average Bonchev–Trinajstić information content (AvgIpc) is 3.14. The second-order valence-corrected chi connectivity index (χ2v) is 7.76. The van der Waals surface area contributed by atoms with Crippen LogP contribution in [-0.4, -0.2) is 87.3 Å². The van der Waals surface area contributed by atoms with Crippen molar-refractivity contribution < 1.29 is 38.4 Å². The summed E-state index contributed by atoms with van der Waals surface area (Å²) in [5.74, 6) is -0.816. The van der Waals surface area contributed by atoms with Crippen LogP contribution in [0.15, 0.2) is 6.07 Å². The van der Waals surface area contributed by atoms with Gasteiger partial charge in [0.05, 0.1) is 56.4 Å². The van der Waals surface area contributed by atoms with E-state index in [9.17, 15) is 14.4 Å². The van der Waals surface area contributed by atoms with Crippen molar-refractivity contribution in [2.75, 3.05) is 58.8 Å². The quantitative estimate of drug-likeness (QED) is 0.207. The molecule has 1 unspecified atom stereocenters. The molecule has 0 spiro atoms. The van der Waals surface area contributed by atoms with Crippen LogP contribution < -0.4 is 15.4 Å². The van der Waals surface area contributed by atoms with Crippen molar-refractivity contribution in [2.45, 2.75) is 25.4 Å². The maximum absolute atomic E-state index is 13.1. The van der Waals surface area contributed by atoms with Crippen LogP contribution in [0.1, 0.15) is 28.8 Å². The van der Waals surface area contributed by atoms with E-state index in [-0.39, 0.29) is 38.0 Å². The van der Waals surface area contributed by atoms with E-state index in [1.54, 1.807) is 6.07 Å². The molecule has 1 aromatic carbocycles. The second kappa shape index (κ2) is 12.1. The Bertz CT molecular complexity index is 882. The molecule has 33 heavy (non-hydrogen) atoms. The van der Waals surface area contributed by atoms with E-state index in [4.69, 9.17) is 35.7 Å². The topological polar surface area (TPSA) is 136 Å². The number of carbonyl (C=O) groups excluding carboxylic acids is 3. The number of imide groups is 1. The number of aliphatic hydroxyl groups is 1. The number of nitrogens with zero attached hydrogens (tertiary/aromatic N) is 1. The molecule has 2 heterocycles. The smallest absolute Gasteiger partial charge is 0.259 e. The summed E-state index contributed by atoms with van der Waals surface area (Å²) in [7, 11) is 1.46. The van der Waals surface area contributed by atoms with Gasteiger partial charge in [0.2, 0.25) is 11.8 Å². The van der Waals surface area contributed by atoms with E-state index in [0.29, 0.717) is 67.2 Å². The highest BCUT2D eigenvalue weighted by molar-refractivity contribution is 6.35. The zero-order valence-corrected chi connectivity index (χ0v) is 19.1. The lowest BCUT2D eigenvalue weighted by Crippen LogP contribution is -2.52. The number of nitrogens with one attached hydrogen (secondary N) is 2. The largest absolute Gasteiger partial charge is 0.496 e. The molecule has 3 amide bonds. The average molecular weight is 486 g/mol. The maximum atomic E-state index is 13.1. The number of amides is 3.